The SMILES string of the molecule is Cl.O=C(O)c1ccc2c(c1)CCCC(c1ccc(F)cc1Cl)=C2c1ccc(CC2CCN(CCCF)C2)cc1. The predicted octanol–water partition coefficient (Wildman–Crippen LogP) is 8.12. The molecule has 0 radical (unpaired) electrons. The van der Waals surface area contributed by atoms with E-state index in [0.717, 1.165) is 85.1 Å². The van der Waals surface area contributed by atoms with Crippen LogP contribution in [0.2, 0.25) is 5.02 Å². The molecule has 3 nitrogen and oxygen atoms in total. The number of carbonyl (C=O) groups is 1. The van der Waals surface area contributed by atoms with Crippen molar-refractivity contribution in [1.82, 2.24) is 4.90 Å². The smallest absolute Gasteiger partial charge is 0.335 e. The van der Waals surface area contributed by atoms with E-state index in [0.29, 0.717) is 17.4 Å². The molecule has 1 saturated heterocycles. The lowest BCUT2D eigenvalue weighted by molar-refractivity contribution is 0.0696. The van der Waals surface area contributed by atoms with Crippen LogP contribution in [0.15, 0.2) is 60.7 Å². The second-order valence-corrected chi connectivity index (χ2v) is 10.8. The summed E-state index contributed by atoms with van der Waals surface area (Å²) >= 11 is 6.55. The summed E-state index contributed by atoms with van der Waals surface area (Å²) in [6, 6.07) is 18.5. The first-order valence-corrected chi connectivity index (χ1v) is 13.7. The molecule has 1 N–H and O–H groups in total. The summed E-state index contributed by atoms with van der Waals surface area (Å²) in [7, 11) is 0. The Kier molecular flexibility index (Phi) is 9.81. The minimum Gasteiger partial charge on any atom is -0.478 e. The number of rotatable bonds is 8. The summed E-state index contributed by atoms with van der Waals surface area (Å²) in [5, 5.41) is 9.93. The Morgan fingerprint density at radius 1 is 1.03 bits per heavy atom. The van der Waals surface area contributed by atoms with Gasteiger partial charge in [0.1, 0.15) is 5.82 Å². The third-order valence-electron chi connectivity index (χ3n) is 7.80. The van der Waals surface area contributed by atoms with Crippen LogP contribution in [0.5, 0.6) is 0 Å². The molecule has 0 bridgehead atoms. The Morgan fingerprint density at radius 3 is 2.51 bits per heavy atom. The van der Waals surface area contributed by atoms with Crippen LogP contribution in [0.25, 0.3) is 11.1 Å². The minimum absolute atomic E-state index is 0. The topological polar surface area (TPSA) is 40.5 Å². The number of fused-ring (bicyclic) bond motifs is 1. The molecule has 2 aliphatic rings. The molecule has 3 aromatic carbocycles. The number of halogens is 4. The fourth-order valence-corrected chi connectivity index (χ4v) is 6.24. The summed E-state index contributed by atoms with van der Waals surface area (Å²) in [6.45, 7) is 2.62. The molecule has 1 atom stereocenters. The van der Waals surface area contributed by atoms with Gasteiger partial charge in [0.05, 0.1) is 17.3 Å². The zero-order chi connectivity index (χ0) is 26.6. The average molecular weight is 573 g/mol. The Morgan fingerprint density at radius 2 is 1.79 bits per heavy atom. The zero-order valence-corrected chi connectivity index (χ0v) is 23.3. The predicted molar refractivity (Wildman–Crippen MR) is 156 cm³/mol. The van der Waals surface area contributed by atoms with Crippen molar-refractivity contribution in [2.75, 3.05) is 26.3 Å². The third kappa shape index (κ3) is 6.71. The molecule has 0 aromatic heterocycles. The number of hydrogen-bond acceptors (Lipinski definition) is 2. The first kappa shape index (κ1) is 29.3. The van der Waals surface area contributed by atoms with E-state index in [1.165, 1.54) is 17.7 Å². The van der Waals surface area contributed by atoms with Gasteiger partial charge in [0, 0.05) is 13.1 Å². The van der Waals surface area contributed by atoms with Crippen molar-refractivity contribution >= 4 is 41.1 Å². The monoisotopic (exact) mass is 571 g/mol. The number of carboxylic acid groups (broad SMARTS) is 1. The quantitative estimate of drug-likeness (QED) is 0.297. The molecule has 39 heavy (non-hydrogen) atoms. The first-order chi connectivity index (χ1) is 18.4. The van der Waals surface area contributed by atoms with E-state index in [1.807, 2.05) is 6.07 Å². The Labute approximate surface area is 239 Å². The molecule has 1 aliphatic carbocycles. The molecule has 1 unspecified atom stereocenters. The second kappa shape index (κ2) is 13.1. The van der Waals surface area contributed by atoms with Gasteiger partial charge in [0.25, 0.3) is 0 Å². The van der Waals surface area contributed by atoms with Gasteiger partial charge in [-0.2, -0.15) is 0 Å². The molecule has 206 valence electrons. The molecule has 1 heterocycles. The van der Waals surface area contributed by atoms with Crippen molar-refractivity contribution in [1.29, 1.82) is 0 Å². The van der Waals surface area contributed by atoms with Crippen LogP contribution in [0.3, 0.4) is 0 Å². The van der Waals surface area contributed by atoms with Gasteiger partial charge in [0.15, 0.2) is 0 Å². The summed E-state index contributed by atoms with van der Waals surface area (Å²) in [6.07, 6.45) is 5.05. The number of benzene rings is 3. The summed E-state index contributed by atoms with van der Waals surface area (Å²) in [5.74, 6) is -0.745. The number of likely N-dealkylation sites (tertiary alicyclic amines) is 1. The maximum absolute atomic E-state index is 13.9. The minimum atomic E-state index is -0.941. The Hall–Kier alpha value is -2.73. The van der Waals surface area contributed by atoms with Crippen LogP contribution < -0.4 is 0 Å². The van der Waals surface area contributed by atoms with E-state index >= 15 is 0 Å². The largest absolute Gasteiger partial charge is 0.478 e. The maximum atomic E-state index is 13.9. The number of nitrogens with zero attached hydrogens (tertiary/aromatic N) is 1. The number of alkyl halides is 1. The lowest BCUT2D eigenvalue weighted by atomic mass is 9.86. The molecular formula is C32H33Cl2F2NO2. The van der Waals surface area contributed by atoms with Crippen molar-refractivity contribution in [3.63, 3.8) is 0 Å². The lowest BCUT2D eigenvalue weighted by Gasteiger charge is -2.18. The summed E-state index contributed by atoms with van der Waals surface area (Å²) in [4.78, 5) is 14.0. The van der Waals surface area contributed by atoms with Crippen LogP contribution in [-0.2, 0) is 12.8 Å². The van der Waals surface area contributed by atoms with E-state index in [1.54, 1.807) is 18.2 Å². The van der Waals surface area contributed by atoms with Crippen molar-refractivity contribution in [2.45, 2.75) is 38.5 Å². The maximum Gasteiger partial charge on any atom is 0.335 e. The first-order valence-electron chi connectivity index (χ1n) is 13.4. The Bertz CT molecular complexity index is 1360. The second-order valence-electron chi connectivity index (χ2n) is 10.4. The standard InChI is InChI=1S/C32H32ClF2NO2.ClH/c33-30-19-26(35)10-12-28(30)29-4-1-3-24-18-25(32(37)38)9-11-27(24)31(29)23-7-5-21(6-8-23)17-22-13-16-36(20-22)15-2-14-34;/h5-12,18-19,22H,1-4,13-17,20H2,(H,37,38);1H. The van der Waals surface area contributed by atoms with Gasteiger partial charge >= 0.3 is 5.97 Å². The fourth-order valence-electron chi connectivity index (χ4n) is 5.96. The molecule has 1 aliphatic heterocycles. The van der Waals surface area contributed by atoms with Crippen LogP contribution in [0.4, 0.5) is 8.78 Å². The van der Waals surface area contributed by atoms with E-state index < -0.39 is 5.97 Å². The normalized spacial score (nSPS) is 17.5. The highest BCUT2D eigenvalue weighted by Gasteiger charge is 2.24. The molecular weight excluding hydrogens is 539 g/mol. The number of aryl methyl sites for hydroxylation is 1. The van der Waals surface area contributed by atoms with E-state index in [4.69, 9.17) is 11.6 Å². The molecule has 0 amide bonds. The number of carboxylic acids is 1. The van der Waals surface area contributed by atoms with Crippen LogP contribution in [0.1, 0.15) is 63.9 Å². The number of aromatic carboxylic acids is 1. The highest BCUT2D eigenvalue weighted by atomic mass is 35.5. The van der Waals surface area contributed by atoms with Gasteiger partial charge in [-0.25, -0.2) is 9.18 Å². The van der Waals surface area contributed by atoms with Gasteiger partial charge in [-0.15, -0.1) is 12.4 Å². The van der Waals surface area contributed by atoms with E-state index in [9.17, 15) is 18.7 Å². The van der Waals surface area contributed by atoms with Crippen LogP contribution in [-0.4, -0.2) is 42.3 Å². The highest BCUT2D eigenvalue weighted by Crippen LogP contribution is 2.42. The van der Waals surface area contributed by atoms with Crippen molar-refractivity contribution in [3.05, 3.63) is 105 Å². The van der Waals surface area contributed by atoms with Crippen molar-refractivity contribution in [3.8, 4) is 0 Å². The van der Waals surface area contributed by atoms with Crippen molar-refractivity contribution < 1.29 is 18.7 Å². The van der Waals surface area contributed by atoms with Gasteiger partial charge in [-0.3, -0.25) is 4.39 Å². The van der Waals surface area contributed by atoms with Gasteiger partial charge in [-0.1, -0.05) is 48.0 Å². The molecule has 5 rings (SSSR count). The number of allylic oxidation sites excluding steroid dienone is 1. The molecule has 0 saturated carbocycles. The van der Waals surface area contributed by atoms with E-state index in [2.05, 4.69) is 29.2 Å². The molecule has 3 aromatic rings. The van der Waals surface area contributed by atoms with Gasteiger partial charge in [-0.05, 0) is 114 Å². The van der Waals surface area contributed by atoms with Crippen molar-refractivity contribution in [2.24, 2.45) is 5.92 Å². The molecule has 7 heteroatoms. The number of hydrogen-bond donors (Lipinski definition) is 1. The molecule has 0 spiro atoms. The third-order valence-corrected chi connectivity index (χ3v) is 8.11. The van der Waals surface area contributed by atoms with Gasteiger partial charge < -0.3 is 10.0 Å². The van der Waals surface area contributed by atoms with Crippen LogP contribution in [0, 0.1) is 11.7 Å². The zero-order valence-electron chi connectivity index (χ0n) is 21.8. The summed E-state index contributed by atoms with van der Waals surface area (Å²) in [5.41, 5.74) is 7.44. The fraction of sp³-hybridized carbons (Fsp3) is 0.344. The summed E-state index contributed by atoms with van der Waals surface area (Å²) < 4.78 is 26.4. The molecule has 1 fully saturated rings. The highest BCUT2D eigenvalue weighted by molar-refractivity contribution is 6.32. The van der Waals surface area contributed by atoms with Crippen LogP contribution >= 0.6 is 24.0 Å². The Balaban J connectivity index is 0.00000353. The van der Waals surface area contributed by atoms with E-state index in [-0.39, 0.29) is 30.5 Å². The average Bonchev–Trinajstić information content (AvgIpc) is 3.26. The lowest BCUT2D eigenvalue weighted by Crippen LogP contribution is -2.22. The van der Waals surface area contributed by atoms with Gasteiger partial charge in [0.2, 0.25) is 0 Å².